The van der Waals surface area contributed by atoms with Gasteiger partial charge in [0, 0.05) is 38.3 Å². The number of benzene rings is 1. The van der Waals surface area contributed by atoms with E-state index in [-0.39, 0.29) is 5.82 Å². The Bertz CT molecular complexity index is 705. The number of hydrogen-bond acceptors (Lipinski definition) is 4. The fourth-order valence-corrected chi connectivity index (χ4v) is 4.69. The molecular formula is C24H40FN5O. The van der Waals surface area contributed by atoms with Crippen LogP contribution in [0.1, 0.15) is 51.5 Å². The average Bonchev–Trinajstić information content (AvgIpc) is 2.79. The van der Waals surface area contributed by atoms with Gasteiger partial charge in [0.2, 0.25) is 0 Å². The Morgan fingerprint density at radius 1 is 1.16 bits per heavy atom. The lowest BCUT2D eigenvalue weighted by Gasteiger charge is -2.35. The first kappa shape index (κ1) is 23.8. The molecule has 2 fully saturated rings. The van der Waals surface area contributed by atoms with Crippen molar-refractivity contribution in [3.63, 3.8) is 0 Å². The molecule has 2 heterocycles. The number of nitrogens with one attached hydrogen (secondary N) is 2. The lowest BCUT2D eigenvalue weighted by Crippen LogP contribution is -2.49. The Morgan fingerprint density at radius 3 is 2.65 bits per heavy atom. The van der Waals surface area contributed by atoms with Gasteiger partial charge < -0.3 is 15.4 Å². The van der Waals surface area contributed by atoms with E-state index in [0.29, 0.717) is 17.8 Å². The Hall–Kier alpha value is -1.86. The second kappa shape index (κ2) is 12.2. The van der Waals surface area contributed by atoms with Crippen molar-refractivity contribution in [3.05, 3.63) is 29.6 Å². The predicted molar refractivity (Wildman–Crippen MR) is 125 cm³/mol. The number of hydrogen-bond donors (Lipinski definition) is 2. The summed E-state index contributed by atoms with van der Waals surface area (Å²) in [5, 5.41) is 7.08. The molecule has 2 aliphatic rings. The highest BCUT2D eigenvalue weighted by Crippen LogP contribution is 2.20. The number of rotatable bonds is 8. The smallest absolute Gasteiger partial charge is 0.191 e. The van der Waals surface area contributed by atoms with E-state index in [4.69, 9.17) is 9.73 Å². The summed E-state index contributed by atoms with van der Waals surface area (Å²) in [6, 6.07) is 6.25. The third kappa shape index (κ3) is 7.07. The van der Waals surface area contributed by atoms with Gasteiger partial charge in [-0.15, -0.1) is 0 Å². The number of halogens is 1. The quantitative estimate of drug-likeness (QED) is 0.487. The Balaban J connectivity index is 1.47. The standard InChI is InChI=1S/C24H40FN5O/c1-4-26-24(27-17-21-8-6-7-13-30(21)5-2)28-20-11-14-29(15-12-20)18-19-9-10-23(31-3)22(25)16-19/h9-10,16,20-21H,4-8,11-15,17-18H2,1-3H3,(H2,26,27,28). The summed E-state index contributed by atoms with van der Waals surface area (Å²) in [7, 11) is 1.50. The maximum Gasteiger partial charge on any atom is 0.191 e. The van der Waals surface area contributed by atoms with Crippen molar-refractivity contribution in [2.75, 3.05) is 46.4 Å². The molecule has 174 valence electrons. The molecule has 31 heavy (non-hydrogen) atoms. The zero-order valence-electron chi connectivity index (χ0n) is 19.5. The van der Waals surface area contributed by atoms with Crippen LogP contribution < -0.4 is 15.4 Å². The van der Waals surface area contributed by atoms with Gasteiger partial charge in [-0.05, 0) is 63.4 Å². The SMILES string of the molecule is CCNC(=NCC1CCCCN1CC)NC1CCN(Cc2ccc(OC)c(F)c2)CC1. The van der Waals surface area contributed by atoms with Gasteiger partial charge in [-0.3, -0.25) is 14.8 Å². The Morgan fingerprint density at radius 2 is 1.97 bits per heavy atom. The third-order valence-electron chi connectivity index (χ3n) is 6.51. The third-order valence-corrected chi connectivity index (χ3v) is 6.51. The first-order chi connectivity index (χ1) is 15.1. The van der Waals surface area contributed by atoms with Gasteiger partial charge in [0.25, 0.3) is 0 Å². The van der Waals surface area contributed by atoms with Gasteiger partial charge in [-0.1, -0.05) is 19.4 Å². The normalized spacial score (nSPS) is 21.8. The molecule has 1 aromatic carbocycles. The Kier molecular flexibility index (Phi) is 9.40. The molecule has 0 spiro atoms. The topological polar surface area (TPSA) is 52.1 Å². The first-order valence-electron chi connectivity index (χ1n) is 12.0. The summed E-state index contributed by atoms with van der Waals surface area (Å²) in [5.41, 5.74) is 0.993. The minimum atomic E-state index is -0.289. The zero-order chi connectivity index (χ0) is 22.1. The molecular weight excluding hydrogens is 393 g/mol. The van der Waals surface area contributed by atoms with E-state index in [2.05, 4.69) is 34.3 Å². The second-order valence-corrected chi connectivity index (χ2v) is 8.66. The molecule has 1 aromatic rings. The molecule has 0 aromatic heterocycles. The van der Waals surface area contributed by atoms with Crippen molar-refractivity contribution < 1.29 is 9.13 Å². The lowest BCUT2D eigenvalue weighted by atomic mass is 10.0. The molecule has 0 aliphatic carbocycles. The summed E-state index contributed by atoms with van der Waals surface area (Å²) < 4.78 is 19.0. The molecule has 0 amide bonds. The first-order valence-corrected chi connectivity index (χ1v) is 12.0. The van der Waals surface area contributed by atoms with Gasteiger partial charge in [-0.2, -0.15) is 0 Å². The lowest BCUT2D eigenvalue weighted by molar-refractivity contribution is 0.161. The van der Waals surface area contributed by atoms with E-state index in [0.717, 1.165) is 63.6 Å². The molecule has 1 atom stereocenters. The predicted octanol–water partition coefficient (Wildman–Crippen LogP) is 3.23. The number of ether oxygens (including phenoxy) is 1. The molecule has 0 radical (unpaired) electrons. The van der Waals surface area contributed by atoms with Crippen LogP contribution in [0.3, 0.4) is 0 Å². The summed E-state index contributed by atoms with van der Waals surface area (Å²) in [6.45, 7) is 11.2. The van der Waals surface area contributed by atoms with E-state index in [1.54, 1.807) is 12.1 Å². The highest BCUT2D eigenvalue weighted by molar-refractivity contribution is 5.80. The van der Waals surface area contributed by atoms with Gasteiger partial charge in [0.15, 0.2) is 17.5 Å². The molecule has 3 rings (SSSR count). The van der Waals surface area contributed by atoms with Gasteiger partial charge in [0.1, 0.15) is 0 Å². The number of aliphatic imine (C=N–C) groups is 1. The number of nitrogens with zero attached hydrogens (tertiary/aromatic N) is 3. The van der Waals surface area contributed by atoms with Crippen molar-refractivity contribution in [1.82, 2.24) is 20.4 Å². The van der Waals surface area contributed by atoms with Crippen molar-refractivity contribution in [3.8, 4) is 5.75 Å². The van der Waals surface area contributed by atoms with E-state index in [1.807, 2.05) is 6.07 Å². The number of likely N-dealkylation sites (tertiary alicyclic amines) is 2. The monoisotopic (exact) mass is 433 g/mol. The van der Waals surface area contributed by atoms with Crippen molar-refractivity contribution in [2.45, 2.75) is 64.6 Å². The summed E-state index contributed by atoms with van der Waals surface area (Å²) >= 11 is 0. The molecule has 2 N–H and O–H groups in total. The van der Waals surface area contributed by atoms with Gasteiger partial charge >= 0.3 is 0 Å². The molecule has 0 bridgehead atoms. The molecule has 2 aliphatic heterocycles. The highest BCUT2D eigenvalue weighted by atomic mass is 19.1. The number of methoxy groups -OCH3 is 1. The summed E-state index contributed by atoms with van der Waals surface area (Å²) in [6.07, 6.45) is 6.01. The van der Waals surface area contributed by atoms with Crippen LogP contribution in [0.2, 0.25) is 0 Å². The molecule has 0 saturated carbocycles. The van der Waals surface area contributed by atoms with E-state index in [1.165, 1.54) is 32.9 Å². The minimum absolute atomic E-state index is 0.289. The van der Waals surface area contributed by atoms with Crippen molar-refractivity contribution >= 4 is 5.96 Å². The minimum Gasteiger partial charge on any atom is -0.494 e. The van der Waals surface area contributed by atoms with Gasteiger partial charge in [-0.25, -0.2) is 4.39 Å². The largest absolute Gasteiger partial charge is 0.494 e. The highest BCUT2D eigenvalue weighted by Gasteiger charge is 2.22. The maximum absolute atomic E-state index is 14.0. The molecule has 2 saturated heterocycles. The van der Waals surface area contributed by atoms with Crippen LogP contribution in [0.15, 0.2) is 23.2 Å². The zero-order valence-corrected chi connectivity index (χ0v) is 19.5. The summed E-state index contributed by atoms with van der Waals surface area (Å²) in [5.74, 6) is 0.958. The molecule has 6 nitrogen and oxygen atoms in total. The van der Waals surface area contributed by atoms with Gasteiger partial charge in [0.05, 0.1) is 13.7 Å². The Labute approximate surface area is 187 Å². The van der Waals surface area contributed by atoms with Crippen LogP contribution in [0.25, 0.3) is 0 Å². The molecule has 1 unspecified atom stereocenters. The number of piperidine rings is 2. The van der Waals surface area contributed by atoms with Crippen LogP contribution in [0.5, 0.6) is 5.75 Å². The van der Waals surface area contributed by atoms with E-state index >= 15 is 0 Å². The number of likely N-dealkylation sites (N-methyl/N-ethyl adjacent to an activating group) is 1. The van der Waals surface area contributed by atoms with Crippen LogP contribution in [-0.2, 0) is 6.54 Å². The summed E-state index contributed by atoms with van der Waals surface area (Å²) in [4.78, 5) is 9.89. The fraction of sp³-hybridized carbons (Fsp3) is 0.708. The van der Waals surface area contributed by atoms with Crippen LogP contribution in [-0.4, -0.2) is 74.2 Å². The number of guanidine groups is 1. The average molecular weight is 434 g/mol. The van der Waals surface area contributed by atoms with Crippen molar-refractivity contribution in [1.29, 1.82) is 0 Å². The van der Waals surface area contributed by atoms with E-state index in [9.17, 15) is 4.39 Å². The van der Waals surface area contributed by atoms with E-state index < -0.39 is 0 Å². The van der Waals surface area contributed by atoms with Crippen molar-refractivity contribution in [2.24, 2.45) is 4.99 Å². The van der Waals surface area contributed by atoms with Crippen LogP contribution >= 0.6 is 0 Å². The second-order valence-electron chi connectivity index (χ2n) is 8.66. The van der Waals surface area contributed by atoms with Crippen LogP contribution in [0.4, 0.5) is 4.39 Å². The van der Waals surface area contributed by atoms with Crippen LogP contribution in [0, 0.1) is 5.82 Å². The molecule has 7 heteroatoms. The fourth-order valence-electron chi connectivity index (χ4n) is 4.69. The maximum atomic E-state index is 14.0.